The molecule has 7 nitrogen and oxygen atoms in total. The van der Waals surface area contributed by atoms with Gasteiger partial charge in [0.25, 0.3) is 5.91 Å². The fraction of sp³-hybridized carbons (Fsp3) is 0.444. The first-order chi connectivity index (χ1) is 12.6. The van der Waals surface area contributed by atoms with E-state index < -0.39 is 0 Å². The minimum atomic E-state index is -0.0287. The lowest BCUT2D eigenvalue weighted by atomic mass is 10.1. The summed E-state index contributed by atoms with van der Waals surface area (Å²) in [5.74, 6) is 1.16. The Kier molecular flexibility index (Phi) is 5.81. The van der Waals surface area contributed by atoms with Gasteiger partial charge >= 0.3 is 0 Å². The summed E-state index contributed by atoms with van der Waals surface area (Å²) in [5.41, 5.74) is 6.19. The highest BCUT2D eigenvalue weighted by atomic mass is 32.1. The Morgan fingerprint density at radius 2 is 2.31 bits per heavy atom. The first-order valence-corrected chi connectivity index (χ1v) is 9.51. The highest BCUT2D eigenvalue weighted by Crippen LogP contribution is 2.22. The van der Waals surface area contributed by atoms with Gasteiger partial charge in [0.2, 0.25) is 0 Å². The standard InChI is InChI=1S/C18H22N6OS/c1-23(12-16-21-7-4-15(20)22-16)14-3-2-8-24(9-5-14)18(25)17-13(11-19)6-10-26-17/h4,6-7,10,14H,2-3,5,8-9,12H2,1H3,(H2,20,21,22)/t14-/m1/s1. The van der Waals surface area contributed by atoms with Gasteiger partial charge in [0.1, 0.15) is 22.6 Å². The Bertz CT molecular complexity index is 814. The lowest BCUT2D eigenvalue weighted by Crippen LogP contribution is -2.35. The van der Waals surface area contributed by atoms with Crippen LogP contribution in [0.1, 0.15) is 40.3 Å². The molecule has 1 amide bonds. The maximum Gasteiger partial charge on any atom is 0.265 e. The quantitative estimate of drug-likeness (QED) is 0.885. The Morgan fingerprint density at radius 1 is 1.46 bits per heavy atom. The number of hydrogen-bond acceptors (Lipinski definition) is 7. The largest absolute Gasteiger partial charge is 0.384 e. The van der Waals surface area contributed by atoms with E-state index in [4.69, 9.17) is 11.0 Å². The van der Waals surface area contributed by atoms with Crippen LogP contribution < -0.4 is 5.73 Å². The molecule has 0 saturated carbocycles. The maximum absolute atomic E-state index is 12.7. The predicted molar refractivity (Wildman–Crippen MR) is 100 cm³/mol. The van der Waals surface area contributed by atoms with E-state index >= 15 is 0 Å². The van der Waals surface area contributed by atoms with Crippen LogP contribution in [0.2, 0.25) is 0 Å². The van der Waals surface area contributed by atoms with Crippen LogP contribution in [0.3, 0.4) is 0 Å². The van der Waals surface area contributed by atoms with Gasteiger partial charge in [0, 0.05) is 25.3 Å². The number of likely N-dealkylation sites (tertiary alicyclic amines) is 1. The monoisotopic (exact) mass is 370 g/mol. The van der Waals surface area contributed by atoms with Crippen molar-refractivity contribution in [2.45, 2.75) is 31.8 Å². The van der Waals surface area contributed by atoms with Crippen molar-refractivity contribution in [2.75, 3.05) is 25.9 Å². The summed E-state index contributed by atoms with van der Waals surface area (Å²) in [5, 5.41) is 10.9. The van der Waals surface area contributed by atoms with E-state index in [2.05, 4.69) is 28.0 Å². The summed E-state index contributed by atoms with van der Waals surface area (Å²) in [6.45, 7) is 2.04. The van der Waals surface area contributed by atoms with E-state index in [-0.39, 0.29) is 5.91 Å². The third kappa shape index (κ3) is 4.18. The third-order valence-electron chi connectivity index (χ3n) is 4.71. The zero-order valence-electron chi connectivity index (χ0n) is 14.8. The molecular weight excluding hydrogens is 348 g/mol. The molecule has 0 aromatic carbocycles. The van der Waals surface area contributed by atoms with Crippen LogP contribution in [0.25, 0.3) is 0 Å². The van der Waals surface area contributed by atoms with Crippen LogP contribution in [0.4, 0.5) is 5.82 Å². The number of anilines is 1. The predicted octanol–water partition coefficient (Wildman–Crippen LogP) is 2.12. The lowest BCUT2D eigenvalue weighted by molar-refractivity contribution is 0.0762. The van der Waals surface area contributed by atoms with E-state index in [0.29, 0.717) is 41.2 Å². The van der Waals surface area contributed by atoms with Crippen molar-refractivity contribution < 1.29 is 4.79 Å². The van der Waals surface area contributed by atoms with Crippen LogP contribution >= 0.6 is 11.3 Å². The molecule has 2 N–H and O–H groups in total. The smallest absolute Gasteiger partial charge is 0.265 e. The molecule has 2 aromatic heterocycles. The van der Waals surface area contributed by atoms with E-state index in [1.807, 2.05) is 4.90 Å². The van der Waals surface area contributed by atoms with Crippen molar-refractivity contribution in [3.8, 4) is 6.07 Å². The average Bonchev–Trinajstić information content (AvgIpc) is 2.97. The van der Waals surface area contributed by atoms with Crippen molar-refractivity contribution >= 4 is 23.1 Å². The molecular formula is C18H22N6OS. The minimum absolute atomic E-state index is 0.0287. The molecule has 1 aliphatic heterocycles. The van der Waals surface area contributed by atoms with Gasteiger partial charge in [0.05, 0.1) is 12.1 Å². The Hall–Kier alpha value is -2.50. The molecule has 136 valence electrons. The van der Waals surface area contributed by atoms with E-state index in [0.717, 1.165) is 25.8 Å². The summed E-state index contributed by atoms with van der Waals surface area (Å²) in [6, 6.07) is 5.84. The molecule has 0 unspecified atom stereocenters. The van der Waals surface area contributed by atoms with Gasteiger partial charge in [-0.25, -0.2) is 9.97 Å². The Labute approximate surface area is 157 Å². The molecule has 3 rings (SSSR count). The van der Waals surface area contributed by atoms with Crippen molar-refractivity contribution in [3.05, 3.63) is 40.0 Å². The second-order valence-corrected chi connectivity index (χ2v) is 7.38. The summed E-state index contributed by atoms with van der Waals surface area (Å²) >= 11 is 1.34. The van der Waals surface area contributed by atoms with Crippen LogP contribution in [0.15, 0.2) is 23.7 Å². The zero-order valence-corrected chi connectivity index (χ0v) is 15.6. The SMILES string of the molecule is CN(Cc1nccc(N)n1)[C@@H]1CCCN(C(=O)c2sccc2C#N)CC1. The maximum atomic E-state index is 12.7. The van der Waals surface area contributed by atoms with Crippen LogP contribution in [0, 0.1) is 11.3 Å². The van der Waals surface area contributed by atoms with Gasteiger partial charge in [-0.15, -0.1) is 11.3 Å². The molecule has 1 fully saturated rings. The van der Waals surface area contributed by atoms with Gasteiger partial charge in [-0.05, 0) is 43.8 Å². The van der Waals surface area contributed by atoms with Crippen molar-refractivity contribution in [3.63, 3.8) is 0 Å². The number of nitriles is 1. The molecule has 8 heteroatoms. The van der Waals surface area contributed by atoms with Gasteiger partial charge in [0.15, 0.2) is 0 Å². The van der Waals surface area contributed by atoms with Gasteiger partial charge in [-0.1, -0.05) is 0 Å². The highest BCUT2D eigenvalue weighted by Gasteiger charge is 2.26. The van der Waals surface area contributed by atoms with Crippen LogP contribution in [0.5, 0.6) is 0 Å². The van der Waals surface area contributed by atoms with E-state index in [1.165, 1.54) is 11.3 Å². The zero-order chi connectivity index (χ0) is 18.5. The number of nitrogens with zero attached hydrogens (tertiary/aromatic N) is 5. The van der Waals surface area contributed by atoms with E-state index in [9.17, 15) is 4.79 Å². The number of nitrogen functional groups attached to an aromatic ring is 1. The van der Waals surface area contributed by atoms with Gasteiger partial charge in [-0.3, -0.25) is 9.69 Å². The number of hydrogen-bond donors (Lipinski definition) is 1. The molecule has 3 heterocycles. The molecule has 0 spiro atoms. The molecule has 1 saturated heterocycles. The number of carbonyl (C=O) groups excluding carboxylic acids is 1. The molecule has 0 aliphatic carbocycles. The summed E-state index contributed by atoms with van der Waals surface area (Å²) in [7, 11) is 2.06. The number of amides is 1. The van der Waals surface area contributed by atoms with Crippen LogP contribution in [-0.2, 0) is 6.54 Å². The number of aromatic nitrogens is 2. The molecule has 1 aliphatic rings. The minimum Gasteiger partial charge on any atom is -0.384 e. The second-order valence-electron chi connectivity index (χ2n) is 6.46. The van der Waals surface area contributed by atoms with Crippen molar-refractivity contribution in [2.24, 2.45) is 0 Å². The molecule has 0 radical (unpaired) electrons. The summed E-state index contributed by atoms with van der Waals surface area (Å²) in [6.07, 6.45) is 4.51. The van der Waals surface area contributed by atoms with Gasteiger partial charge < -0.3 is 10.6 Å². The first-order valence-electron chi connectivity index (χ1n) is 8.63. The fourth-order valence-corrected chi connectivity index (χ4v) is 4.08. The van der Waals surface area contributed by atoms with Crippen molar-refractivity contribution in [1.82, 2.24) is 19.8 Å². The van der Waals surface area contributed by atoms with E-state index in [1.54, 1.807) is 23.7 Å². The average molecular weight is 370 g/mol. The Morgan fingerprint density at radius 3 is 3.08 bits per heavy atom. The summed E-state index contributed by atoms with van der Waals surface area (Å²) < 4.78 is 0. The fourth-order valence-electron chi connectivity index (χ4n) is 3.27. The van der Waals surface area contributed by atoms with Crippen molar-refractivity contribution in [1.29, 1.82) is 5.26 Å². The molecule has 2 aromatic rings. The van der Waals surface area contributed by atoms with Gasteiger partial charge in [-0.2, -0.15) is 5.26 Å². The normalized spacial score (nSPS) is 17.7. The molecule has 1 atom stereocenters. The summed E-state index contributed by atoms with van der Waals surface area (Å²) in [4.78, 5) is 25.9. The van der Waals surface area contributed by atoms with Crippen LogP contribution in [-0.4, -0.2) is 51.9 Å². The second kappa shape index (κ2) is 8.25. The molecule has 26 heavy (non-hydrogen) atoms. The first kappa shape index (κ1) is 18.3. The Balaban J connectivity index is 1.61. The number of thiophene rings is 1. The number of rotatable bonds is 4. The number of carbonyl (C=O) groups is 1. The topological polar surface area (TPSA) is 99.1 Å². The molecule has 0 bridgehead atoms. The lowest BCUT2D eigenvalue weighted by Gasteiger charge is -2.26. The third-order valence-corrected chi connectivity index (χ3v) is 5.61. The number of nitrogens with two attached hydrogens (primary N) is 1. The highest BCUT2D eigenvalue weighted by molar-refractivity contribution is 7.12.